The number of nitrogens with one attached hydrogen (secondary N) is 1. The Morgan fingerprint density at radius 3 is 2.32 bits per heavy atom. The molecule has 3 amide bonds. The maximum atomic E-state index is 13.4. The van der Waals surface area contributed by atoms with Gasteiger partial charge in [-0.15, -0.1) is 11.3 Å². The quantitative estimate of drug-likeness (QED) is 0.347. The molecule has 9 heteroatoms. The first-order chi connectivity index (χ1) is 16.1. The van der Waals surface area contributed by atoms with Gasteiger partial charge in [0.05, 0.1) is 16.6 Å². The molecule has 0 bridgehead atoms. The summed E-state index contributed by atoms with van der Waals surface area (Å²) in [7, 11) is 0. The zero-order chi connectivity index (χ0) is 24.8. The van der Waals surface area contributed by atoms with Crippen LogP contribution in [0.5, 0.6) is 0 Å². The molecule has 0 aliphatic carbocycles. The van der Waals surface area contributed by atoms with E-state index in [9.17, 15) is 14.0 Å². The first-order valence-electron chi connectivity index (χ1n) is 10.7. The summed E-state index contributed by atoms with van der Waals surface area (Å²) in [6.45, 7) is 6.27. The summed E-state index contributed by atoms with van der Waals surface area (Å²) in [5.41, 5.74) is 2.38. The molecule has 34 heavy (non-hydrogen) atoms. The van der Waals surface area contributed by atoms with Crippen LogP contribution in [-0.4, -0.2) is 34.3 Å². The highest BCUT2D eigenvalue weighted by molar-refractivity contribution is 7.10. The molecule has 3 aromatic rings. The molecular weight excluding hydrogens is 496 g/mol. The molecule has 0 fully saturated rings. The van der Waals surface area contributed by atoms with Gasteiger partial charge in [0.15, 0.2) is 0 Å². The largest absolute Gasteiger partial charge is 0.332 e. The maximum Gasteiger partial charge on any atom is 0.322 e. The zero-order valence-electron chi connectivity index (χ0n) is 19.1. The monoisotopic (exact) mass is 521 g/mol. The van der Waals surface area contributed by atoms with Gasteiger partial charge >= 0.3 is 6.03 Å². The van der Waals surface area contributed by atoms with Gasteiger partial charge in [-0.05, 0) is 73.7 Å². The summed E-state index contributed by atoms with van der Waals surface area (Å²) in [5, 5.41) is 5.47. The molecule has 5 nitrogen and oxygen atoms in total. The highest BCUT2D eigenvalue weighted by Crippen LogP contribution is 2.25. The summed E-state index contributed by atoms with van der Waals surface area (Å²) >= 11 is 13.6. The molecule has 0 spiro atoms. The van der Waals surface area contributed by atoms with Crippen LogP contribution in [0.3, 0.4) is 0 Å². The van der Waals surface area contributed by atoms with E-state index in [-0.39, 0.29) is 24.3 Å². The first kappa shape index (κ1) is 26.0. The van der Waals surface area contributed by atoms with Crippen LogP contribution in [0.2, 0.25) is 10.0 Å². The van der Waals surface area contributed by atoms with E-state index in [0.29, 0.717) is 28.8 Å². The number of nitrogens with zero attached hydrogens (tertiary/aromatic N) is 2. The van der Waals surface area contributed by atoms with Crippen LogP contribution >= 0.6 is 34.5 Å². The van der Waals surface area contributed by atoms with Crippen LogP contribution in [0.15, 0.2) is 53.9 Å². The molecule has 0 atom stereocenters. The fourth-order valence-electron chi connectivity index (χ4n) is 3.29. The number of carbonyl (C=O) groups is 2. The third-order valence-corrected chi connectivity index (χ3v) is 7.05. The topological polar surface area (TPSA) is 52.7 Å². The van der Waals surface area contributed by atoms with Gasteiger partial charge in [-0.25, -0.2) is 9.18 Å². The molecule has 0 radical (unpaired) electrons. The second kappa shape index (κ2) is 11.7. The van der Waals surface area contributed by atoms with Crippen LogP contribution in [-0.2, 0) is 17.9 Å². The van der Waals surface area contributed by atoms with Crippen molar-refractivity contribution in [2.45, 2.75) is 39.9 Å². The average Bonchev–Trinajstić information content (AvgIpc) is 3.19. The molecule has 1 heterocycles. The van der Waals surface area contributed by atoms with Crippen LogP contribution in [0.4, 0.5) is 14.9 Å². The molecule has 1 aromatic heterocycles. The Hall–Kier alpha value is -2.61. The minimum Gasteiger partial charge on any atom is -0.332 e. The van der Waals surface area contributed by atoms with Gasteiger partial charge in [-0.2, -0.15) is 0 Å². The van der Waals surface area contributed by atoms with Gasteiger partial charge in [0.25, 0.3) is 0 Å². The molecule has 2 aromatic carbocycles. The number of urea groups is 1. The van der Waals surface area contributed by atoms with Crippen molar-refractivity contribution in [1.82, 2.24) is 9.80 Å². The molecule has 3 rings (SSSR count). The minimum atomic E-state index is -0.421. The third-order valence-electron chi connectivity index (χ3n) is 5.30. The fourth-order valence-corrected chi connectivity index (χ4v) is 4.50. The van der Waals surface area contributed by atoms with E-state index in [1.807, 2.05) is 32.2 Å². The number of thiophene rings is 1. The number of hydrogen-bond acceptors (Lipinski definition) is 3. The van der Waals surface area contributed by atoms with E-state index in [4.69, 9.17) is 23.2 Å². The van der Waals surface area contributed by atoms with Crippen molar-refractivity contribution in [1.29, 1.82) is 0 Å². The average molecular weight is 522 g/mol. The van der Waals surface area contributed by atoms with E-state index >= 15 is 0 Å². The lowest BCUT2D eigenvalue weighted by atomic mass is 10.2. The molecule has 0 aliphatic rings. The number of rotatable bonds is 8. The van der Waals surface area contributed by atoms with Crippen LogP contribution in [0, 0.1) is 12.7 Å². The van der Waals surface area contributed by atoms with Crippen molar-refractivity contribution in [3.05, 3.63) is 85.8 Å². The van der Waals surface area contributed by atoms with Crippen LogP contribution < -0.4 is 5.32 Å². The van der Waals surface area contributed by atoms with Gasteiger partial charge in [0, 0.05) is 23.2 Å². The number of anilines is 1. The molecule has 180 valence electrons. The van der Waals surface area contributed by atoms with Crippen LogP contribution in [0.1, 0.15) is 29.9 Å². The number of benzene rings is 2. The number of halogens is 3. The number of amides is 3. The molecule has 0 saturated heterocycles. The fraction of sp³-hybridized carbons (Fsp3) is 0.280. The molecule has 1 N–H and O–H groups in total. The van der Waals surface area contributed by atoms with Crippen LogP contribution in [0.25, 0.3) is 0 Å². The van der Waals surface area contributed by atoms with E-state index in [1.54, 1.807) is 46.6 Å². The Morgan fingerprint density at radius 1 is 1.03 bits per heavy atom. The van der Waals surface area contributed by atoms with Gasteiger partial charge in [-0.1, -0.05) is 35.3 Å². The molecule has 0 aliphatic heterocycles. The lowest BCUT2D eigenvalue weighted by Crippen LogP contribution is -2.47. The Bertz CT molecular complexity index is 1150. The summed E-state index contributed by atoms with van der Waals surface area (Å²) in [6.07, 6.45) is 0. The van der Waals surface area contributed by atoms with Crippen molar-refractivity contribution in [3.8, 4) is 0 Å². The van der Waals surface area contributed by atoms with Crippen molar-refractivity contribution in [2.75, 3.05) is 11.9 Å². The zero-order valence-corrected chi connectivity index (χ0v) is 21.5. The standard InChI is InChI=1S/C25H26Cl2FN3O2S/c1-16(2)31(25(33)29-20-8-9-21(26)22(27)12-20)15-24(32)30(14-23-17(3)10-11-34-23)13-18-4-6-19(28)7-5-18/h4-12,16H,13-15H2,1-3H3,(H,29,33). The first-order valence-corrected chi connectivity index (χ1v) is 12.4. The smallest absolute Gasteiger partial charge is 0.322 e. The number of carbonyl (C=O) groups excluding carboxylic acids is 2. The molecular formula is C25H26Cl2FN3O2S. The maximum absolute atomic E-state index is 13.4. The van der Waals surface area contributed by atoms with E-state index < -0.39 is 6.03 Å². The highest BCUT2D eigenvalue weighted by atomic mass is 35.5. The summed E-state index contributed by atoms with van der Waals surface area (Å²) in [4.78, 5) is 30.6. The molecule has 0 saturated carbocycles. The Labute approximate surface area is 213 Å². The minimum absolute atomic E-state index is 0.115. The Balaban J connectivity index is 1.78. The lowest BCUT2D eigenvalue weighted by Gasteiger charge is -2.30. The lowest BCUT2D eigenvalue weighted by molar-refractivity contribution is -0.133. The predicted octanol–water partition coefficient (Wildman–Crippen LogP) is 6.97. The SMILES string of the molecule is Cc1ccsc1CN(Cc1ccc(F)cc1)C(=O)CN(C(=O)Nc1ccc(Cl)c(Cl)c1)C(C)C. The van der Waals surface area contributed by atoms with E-state index in [2.05, 4.69) is 5.32 Å². The Kier molecular flexibility index (Phi) is 8.94. The Morgan fingerprint density at radius 2 is 1.74 bits per heavy atom. The van der Waals surface area contributed by atoms with Gasteiger partial charge in [-0.3, -0.25) is 4.79 Å². The second-order valence-electron chi connectivity index (χ2n) is 8.18. The van der Waals surface area contributed by atoms with Crippen molar-refractivity contribution in [3.63, 3.8) is 0 Å². The third kappa shape index (κ3) is 6.95. The van der Waals surface area contributed by atoms with Crippen molar-refractivity contribution >= 4 is 52.2 Å². The van der Waals surface area contributed by atoms with Gasteiger partial charge < -0.3 is 15.1 Å². The number of hydrogen-bond donors (Lipinski definition) is 1. The van der Waals surface area contributed by atoms with Gasteiger partial charge in [0.2, 0.25) is 5.91 Å². The van der Waals surface area contributed by atoms with Crippen molar-refractivity contribution < 1.29 is 14.0 Å². The predicted molar refractivity (Wildman–Crippen MR) is 137 cm³/mol. The van der Waals surface area contributed by atoms with Gasteiger partial charge in [0.1, 0.15) is 12.4 Å². The van der Waals surface area contributed by atoms with E-state index in [1.165, 1.54) is 17.0 Å². The summed E-state index contributed by atoms with van der Waals surface area (Å²) in [5.74, 6) is -0.546. The normalized spacial score (nSPS) is 10.9. The van der Waals surface area contributed by atoms with Crippen molar-refractivity contribution in [2.24, 2.45) is 0 Å². The number of aryl methyl sites for hydroxylation is 1. The summed E-state index contributed by atoms with van der Waals surface area (Å²) < 4.78 is 13.4. The second-order valence-corrected chi connectivity index (χ2v) is 10.00. The molecule has 0 unspecified atom stereocenters. The summed E-state index contributed by atoms with van der Waals surface area (Å²) in [6, 6.07) is 12.2. The highest BCUT2D eigenvalue weighted by Gasteiger charge is 2.25. The van der Waals surface area contributed by atoms with E-state index in [0.717, 1.165) is 16.0 Å².